The van der Waals surface area contributed by atoms with Gasteiger partial charge in [0.15, 0.2) is 0 Å². The molecule has 0 saturated heterocycles. The second-order valence-electron chi connectivity index (χ2n) is 4.63. The standard InChI is InChI=1S/C15H16N2O3S/c1-12-6-5-7-13(10-12)17(11-15(16)18)21(19,20)14-8-3-2-4-9-14/h2-10H,11H2,1H3,(H2,16,18). The summed E-state index contributed by atoms with van der Waals surface area (Å²) < 4.78 is 26.4. The van der Waals surface area contributed by atoms with E-state index in [1.54, 1.807) is 36.4 Å². The molecule has 0 bridgehead atoms. The Balaban J connectivity index is 2.53. The van der Waals surface area contributed by atoms with Gasteiger partial charge in [-0.05, 0) is 36.8 Å². The van der Waals surface area contributed by atoms with Crippen LogP contribution < -0.4 is 10.0 Å². The van der Waals surface area contributed by atoms with Crippen molar-refractivity contribution in [1.82, 2.24) is 0 Å². The lowest BCUT2D eigenvalue weighted by atomic mass is 10.2. The van der Waals surface area contributed by atoms with Gasteiger partial charge in [0.2, 0.25) is 5.91 Å². The van der Waals surface area contributed by atoms with Crippen LogP contribution in [0.1, 0.15) is 5.56 Å². The summed E-state index contributed by atoms with van der Waals surface area (Å²) in [4.78, 5) is 11.4. The number of rotatable bonds is 5. The molecule has 0 radical (unpaired) electrons. The maximum absolute atomic E-state index is 12.7. The highest BCUT2D eigenvalue weighted by Gasteiger charge is 2.26. The van der Waals surface area contributed by atoms with E-state index in [1.807, 2.05) is 13.0 Å². The molecule has 0 fully saturated rings. The number of carbonyl (C=O) groups excluding carboxylic acids is 1. The van der Waals surface area contributed by atoms with E-state index in [4.69, 9.17) is 5.73 Å². The predicted octanol–water partition coefficient (Wildman–Crippen LogP) is 1.68. The van der Waals surface area contributed by atoms with Gasteiger partial charge in [0.1, 0.15) is 6.54 Å². The summed E-state index contributed by atoms with van der Waals surface area (Å²) in [7, 11) is -3.83. The van der Waals surface area contributed by atoms with E-state index in [9.17, 15) is 13.2 Å². The molecule has 2 aromatic rings. The van der Waals surface area contributed by atoms with Crippen molar-refractivity contribution in [2.24, 2.45) is 5.73 Å². The molecule has 2 rings (SSSR count). The van der Waals surface area contributed by atoms with E-state index >= 15 is 0 Å². The van der Waals surface area contributed by atoms with E-state index in [0.717, 1.165) is 9.87 Å². The molecule has 5 nitrogen and oxygen atoms in total. The molecule has 0 aliphatic carbocycles. The predicted molar refractivity (Wildman–Crippen MR) is 81.3 cm³/mol. The summed E-state index contributed by atoms with van der Waals surface area (Å²) in [6, 6.07) is 14.9. The Morgan fingerprint density at radius 2 is 1.76 bits per heavy atom. The molecule has 0 atom stereocenters. The number of benzene rings is 2. The van der Waals surface area contributed by atoms with E-state index in [0.29, 0.717) is 5.69 Å². The van der Waals surface area contributed by atoms with Crippen LogP contribution in [0, 0.1) is 6.92 Å². The third-order valence-corrected chi connectivity index (χ3v) is 4.71. The van der Waals surface area contributed by atoms with Crippen molar-refractivity contribution in [2.75, 3.05) is 10.8 Å². The zero-order valence-corrected chi connectivity index (χ0v) is 12.4. The molecule has 0 aliphatic heterocycles. The second kappa shape index (κ2) is 5.97. The summed E-state index contributed by atoms with van der Waals surface area (Å²) in [6.45, 7) is 1.45. The Labute approximate surface area is 124 Å². The molecule has 2 aromatic carbocycles. The lowest BCUT2D eigenvalue weighted by Crippen LogP contribution is -2.38. The molecule has 0 heterocycles. The van der Waals surface area contributed by atoms with Crippen molar-refractivity contribution in [3.8, 4) is 0 Å². The number of hydrogen-bond donors (Lipinski definition) is 1. The van der Waals surface area contributed by atoms with E-state index < -0.39 is 22.5 Å². The summed E-state index contributed by atoms with van der Waals surface area (Å²) in [5.74, 6) is -0.712. The van der Waals surface area contributed by atoms with Gasteiger partial charge in [0.05, 0.1) is 10.6 Å². The van der Waals surface area contributed by atoms with Gasteiger partial charge < -0.3 is 5.73 Å². The number of amides is 1. The van der Waals surface area contributed by atoms with E-state index in [2.05, 4.69) is 0 Å². The molecule has 110 valence electrons. The first-order valence-electron chi connectivity index (χ1n) is 6.34. The number of hydrogen-bond acceptors (Lipinski definition) is 3. The van der Waals surface area contributed by atoms with Crippen LogP contribution in [0.15, 0.2) is 59.5 Å². The summed E-state index contributed by atoms with van der Waals surface area (Å²) in [5, 5.41) is 0. The van der Waals surface area contributed by atoms with Crippen molar-refractivity contribution in [1.29, 1.82) is 0 Å². The number of aryl methyl sites for hydroxylation is 1. The van der Waals surface area contributed by atoms with E-state index in [-0.39, 0.29) is 4.90 Å². The molecule has 0 aliphatic rings. The van der Waals surface area contributed by atoms with Crippen LogP contribution in [0.25, 0.3) is 0 Å². The number of nitrogens with two attached hydrogens (primary N) is 1. The molecule has 0 unspecified atom stereocenters. The van der Waals surface area contributed by atoms with Gasteiger partial charge in [0.25, 0.3) is 10.0 Å². The van der Waals surface area contributed by atoms with Crippen molar-refractivity contribution < 1.29 is 13.2 Å². The van der Waals surface area contributed by atoms with Gasteiger partial charge in [-0.1, -0.05) is 30.3 Å². The van der Waals surface area contributed by atoms with Gasteiger partial charge in [0, 0.05) is 0 Å². The van der Waals surface area contributed by atoms with Gasteiger partial charge in [-0.25, -0.2) is 8.42 Å². The van der Waals surface area contributed by atoms with Crippen LogP contribution in [0.5, 0.6) is 0 Å². The largest absolute Gasteiger partial charge is 0.368 e. The van der Waals surface area contributed by atoms with Crippen LogP contribution in [0.3, 0.4) is 0 Å². The van der Waals surface area contributed by atoms with Crippen molar-refractivity contribution in [3.63, 3.8) is 0 Å². The fraction of sp³-hybridized carbons (Fsp3) is 0.133. The first kappa shape index (κ1) is 15.1. The van der Waals surface area contributed by atoms with Crippen molar-refractivity contribution in [3.05, 3.63) is 60.2 Å². The van der Waals surface area contributed by atoms with Crippen LogP contribution in [0.2, 0.25) is 0 Å². The number of primary amides is 1. The Morgan fingerprint density at radius 3 is 2.33 bits per heavy atom. The van der Waals surface area contributed by atoms with Gasteiger partial charge in [-0.3, -0.25) is 9.10 Å². The Bertz CT molecular complexity index is 743. The fourth-order valence-electron chi connectivity index (χ4n) is 1.96. The molecule has 0 spiro atoms. The Morgan fingerprint density at radius 1 is 1.10 bits per heavy atom. The maximum Gasteiger partial charge on any atom is 0.264 e. The number of sulfonamides is 1. The highest BCUT2D eigenvalue weighted by atomic mass is 32.2. The third-order valence-electron chi connectivity index (χ3n) is 2.92. The average molecular weight is 304 g/mol. The number of nitrogens with zero attached hydrogens (tertiary/aromatic N) is 1. The maximum atomic E-state index is 12.7. The average Bonchev–Trinajstić information content (AvgIpc) is 2.45. The molecular weight excluding hydrogens is 288 g/mol. The zero-order valence-electron chi connectivity index (χ0n) is 11.6. The Hall–Kier alpha value is -2.34. The summed E-state index contributed by atoms with van der Waals surface area (Å²) in [5.41, 5.74) is 6.51. The molecule has 21 heavy (non-hydrogen) atoms. The molecule has 0 aromatic heterocycles. The van der Waals surface area contributed by atoms with Crippen molar-refractivity contribution in [2.45, 2.75) is 11.8 Å². The number of anilines is 1. The monoisotopic (exact) mass is 304 g/mol. The normalized spacial score (nSPS) is 11.1. The molecule has 0 saturated carbocycles. The third kappa shape index (κ3) is 3.41. The van der Waals surface area contributed by atoms with Crippen LogP contribution in [-0.4, -0.2) is 20.9 Å². The van der Waals surface area contributed by atoms with Gasteiger partial charge in [-0.15, -0.1) is 0 Å². The molecular formula is C15H16N2O3S. The topological polar surface area (TPSA) is 80.5 Å². The van der Waals surface area contributed by atoms with Crippen molar-refractivity contribution >= 4 is 21.6 Å². The SMILES string of the molecule is Cc1cccc(N(CC(N)=O)S(=O)(=O)c2ccccc2)c1. The first-order valence-corrected chi connectivity index (χ1v) is 7.78. The summed E-state index contributed by atoms with van der Waals surface area (Å²) >= 11 is 0. The van der Waals surface area contributed by atoms with Gasteiger partial charge >= 0.3 is 0 Å². The Kier molecular flexibility index (Phi) is 4.28. The van der Waals surface area contributed by atoms with Crippen LogP contribution >= 0.6 is 0 Å². The zero-order chi connectivity index (χ0) is 15.5. The minimum atomic E-state index is -3.83. The summed E-state index contributed by atoms with van der Waals surface area (Å²) in [6.07, 6.45) is 0. The minimum Gasteiger partial charge on any atom is -0.368 e. The minimum absolute atomic E-state index is 0.118. The first-order chi connectivity index (χ1) is 9.91. The smallest absolute Gasteiger partial charge is 0.264 e. The fourth-order valence-corrected chi connectivity index (χ4v) is 3.40. The highest BCUT2D eigenvalue weighted by Crippen LogP contribution is 2.24. The number of carbonyl (C=O) groups is 1. The van der Waals surface area contributed by atoms with Crippen LogP contribution in [-0.2, 0) is 14.8 Å². The highest BCUT2D eigenvalue weighted by molar-refractivity contribution is 7.92. The van der Waals surface area contributed by atoms with Gasteiger partial charge in [-0.2, -0.15) is 0 Å². The second-order valence-corrected chi connectivity index (χ2v) is 6.49. The van der Waals surface area contributed by atoms with Crippen LogP contribution in [0.4, 0.5) is 5.69 Å². The van der Waals surface area contributed by atoms with E-state index in [1.165, 1.54) is 12.1 Å². The molecule has 1 amide bonds. The quantitative estimate of drug-likeness (QED) is 0.912. The lowest BCUT2D eigenvalue weighted by molar-refractivity contribution is -0.116. The molecule has 2 N–H and O–H groups in total. The lowest BCUT2D eigenvalue weighted by Gasteiger charge is -2.23. The molecule has 6 heteroatoms.